The Morgan fingerprint density at radius 2 is 1.67 bits per heavy atom. The third-order valence-electron chi connectivity index (χ3n) is 9.15. The van der Waals surface area contributed by atoms with Gasteiger partial charge in [0.25, 0.3) is 0 Å². The number of para-hydroxylation sites is 2. The largest absolute Gasteiger partial charge is 0.353 e. The van der Waals surface area contributed by atoms with Gasteiger partial charge in [0.2, 0.25) is 0 Å². The molecule has 43 heavy (non-hydrogen) atoms. The number of piperazine rings is 1. The van der Waals surface area contributed by atoms with Gasteiger partial charge in [-0.05, 0) is 61.2 Å². The second kappa shape index (κ2) is 9.84. The number of rotatable bonds is 7. The molecule has 0 amide bonds. The van der Waals surface area contributed by atoms with E-state index in [2.05, 4.69) is 72.8 Å². The predicted molar refractivity (Wildman–Crippen MR) is 168 cm³/mol. The van der Waals surface area contributed by atoms with Gasteiger partial charge in [0.15, 0.2) is 11.6 Å². The maximum Gasteiger partial charge on any atom is 0.163 e. The fraction of sp³-hybridized carbons (Fsp3) is 0.265. The van der Waals surface area contributed by atoms with Gasteiger partial charge in [-0.15, -0.1) is 0 Å². The van der Waals surface area contributed by atoms with Crippen LogP contribution in [0.25, 0.3) is 33.2 Å². The van der Waals surface area contributed by atoms with Crippen molar-refractivity contribution < 1.29 is 0 Å². The maximum absolute atomic E-state index is 4.92. The zero-order chi connectivity index (χ0) is 28.3. The smallest absolute Gasteiger partial charge is 0.163 e. The molecule has 1 aliphatic carbocycles. The topological polar surface area (TPSA) is 98.8 Å². The molecule has 4 aromatic heterocycles. The summed E-state index contributed by atoms with van der Waals surface area (Å²) in [5.74, 6) is 3.79. The molecule has 4 fully saturated rings. The van der Waals surface area contributed by atoms with Crippen LogP contribution >= 0.6 is 0 Å². The lowest BCUT2D eigenvalue weighted by molar-refractivity contribution is -0.00871. The summed E-state index contributed by atoms with van der Waals surface area (Å²) >= 11 is 0. The Labute approximate surface area is 249 Å². The Kier molecular flexibility index (Phi) is 5.65. The highest BCUT2D eigenvalue weighted by molar-refractivity contribution is 5.92. The normalized spacial score (nSPS) is 20.0. The number of nitrogens with zero attached hydrogens (tertiary/aromatic N) is 7. The summed E-state index contributed by atoms with van der Waals surface area (Å²) in [5, 5.41) is 13.2. The van der Waals surface area contributed by atoms with Gasteiger partial charge < -0.3 is 10.2 Å². The van der Waals surface area contributed by atoms with E-state index < -0.39 is 0 Å². The Balaban J connectivity index is 0.919. The Bertz CT molecular complexity index is 1950. The van der Waals surface area contributed by atoms with Gasteiger partial charge >= 0.3 is 0 Å². The molecule has 2 unspecified atom stereocenters. The molecule has 9 heteroatoms. The molecule has 2 aromatic carbocycles. The first kappa shape index (κ1) is 24.7. The van der Waals surface area contributed by atoms with Crippen molar-refractivity contribution >= 4 is 39.3 Å². The minimum absolute atomic E-state index is 0.534. The first-order valence-corrected chi connectivity index (χ1v) is 15.1. The maximum atomic E-state index is 4.92. The minimum atomic E-state index is 0.534. The van der Waals surface area contributed by atoms with E-state index in [1.54, 1.807) is 0 Å². The van der Waals surface area contributed by atoms with Crippen molar-refractivity contribution in [3.63, 3.8) is 0 Å². The molecule has 6 aromatic rings. The number of benzene rings is 2. The number of anilines is 3. The van der Waals surface area contributed by atoms with Crippen LogP contribution < -0.4 is 10.2 Å². The fourth-order valence-electron chi connectivity index (χ4n) is 6.68. The van der Waals surface area contributed by atoms with E-state index in [9.17, 15) is 0 Å². The van der Waals surface area contributed by atoms with Crippen LogP contribution in [0, 0.1) is 0 Å². The van der Waals surface area contributed by atoms with E-state index in [1.165, 1.54) is 35.9 Å². The number of piperidine rings is 1. The van der Waals surface area contributed by atoms with Crippen molar-refractivity contribution in [2.45, 2.75) is 43.8 Å². The zero-order valence-corrected chi connectivity index (χ0v) is 23.7. The number of nitrogens with one attached hydrogen (secondary N) is 2. The summed E-state index contributed by atoms with van der Waals surface area (Å²) in [7, 11) is 0. The van der Waals surface area contributed by atoms with Crippen molar-refractivity contribution in [3.8, 4) is 11.4 Å². The van der Waals surface area contributed by atoms with Crippen LogP contribution in [-0.4, -0.2) is 60.2 Å². The lowest BCUT2D eigenvalue weighted by Gasteiger charge is -2.56. The van der Waals surface area contributed by atoms with Crippen LogP contribution in [-0.2, 0) is 6.54 Å². The molecule has 10 rings (SSSR count). The van der Waals surface area contributed by atoms with Crippen molar-refractivity contribution in [1.82, 2.24) is 35.0 Å². The van der Waals surface area contributed by atoms with Gasteiger partial charge in [-0.2, -0.15) is 5.10 Å². The average Bonchev–Trinajstić information content (AvgIpc) is 3.81. The van der Waals surface area contributed by atoms with E-state index in [0.29, 0.717) is 23.8 Å². The number of hydrogen-bond acceptors (Lipinski definition) is 8. The number of aromatic nitrogens is 6. The Morgan fingerprint density at radius 3 is 2.51 bits per heavy atom. The number of hydrogen-bond donors (Lipinski definition) is 2. The molecule has 0 spiro atoms. The molecule has 3 aliphatic heterocycles. The highest BCUT2D eigenvalue weighted by Gasteiger charge is 2.44. The van der Waals surface area contributed by atoms with E-state index in [-0.39, 0.29) is 0 Å². The molecule has 9 nitrogen and oxygen atoms in total. The SMILES string of the molecule is c1ccc2ncc(CN3C4CC3CN(c3ccc(-c5nc(Nc6cc(C7CC7)[nH]n6)c6ccccc6n5)cn3)C4)cc2c1. The molecule has 0 radical (unpaired) electrons. The summed E-state index contributed by atoms with van der Waals surface area (Å²) in [6.45, 7) is 2.91. The monoisotopic (exact) mass is 565 g/mol. The summed E-state index contributed by atoms with van der Waals surface area (Å²) in [5.41, 5.74) is 5.30. The highest BCUT2D eigenvalue weighted by Crippen LogP contribution is 2.40. The fourth-order valence-corrected chi connectivity index (χ4v) is 6.68. The number of pyridine rings is 2. The molecule has 7 heterocycles. The molecule has 3 saturated heterocycles. The lowest BCUT2D eigenvalue weighted by Crippen LogP contribution is -2.68. The zero-order valence-electron chi connectivity index (χ0n) is 23.7. The van der Waals surface area contributed by atoms with Crippen LogP contribution in [0.2, 0.25) is 0 Å². The summed E-state index contributed by atoms with van der Waals surface area (Å²) in [6, 6.07) is 26.1. The van der Waals surface area contributed by atoms with Gasteiger partial charge in [0.05, 0.1) is 11.0 Å². The highest BCUT2D eigenvalue weighted by atomic mass is 15.4. The Hall–Kier alpha value is -4.89. The van der Waals surface area contributed by atoms with Gasteiger partial charge in [-0.3, -0.25) is 15.0 Å². The number of aromatic amines is 1. The van der Waals surface area contributed by atoms with Gasteiger partial charge in [0, 0.05) is 78.1 Å². The first-order chi connectivity index (χ1) is 21.2. The van der Waals surface area contributed by atoms with Gasteiger partial charge in [-0.1, -0.05) is 30.3 Å². The predicted octanol–water partition coefficient (Wildman–Crippen LogP) is 6.05. The number of H-pyrrole nitrogens is 1. The minimum Gasteiger partial charge on any atom is -0.353 e. The second-order valence-electron chi connectivity index (χ2n) is 12.1. The average molecular weight is 566 g/mol. The van der Waals surface area contributed by atoms with Crippen molar-refractivity contribution in [1.29, 1.82) is 0 Å². The van der Waals surface area contributed by atoms with E-state index in [1.807, 2.05) is 42.7 Å². The van der Waals surface area contributed by atoms with Crippen LogP contribution in [0.4, 0.5) is 17.5 Å². The standard InChI is InChI=1S/C34H31N9/c1-3-7-28-23(5-1)13-21(16-35-28)18-43-25-14-26(43)20-42(19-25)32-12-11-24(17-36-32)33-37-29-8-4-2-6-27(29)34(39-33)38-31-15-30(40-41-31)22-9-10-22/h1-8,11-13,15-17,22,25-26H,9-10,14,18-20H2,(H2,37,38,39,40,41). The molecule has 4 aliphatic rings. The van der Waals surface area contributed by atoms with Crippen molar-refractivity contribution in [2.75, 3.05) is 23.3 Å². The summed E-state index contributed by atoms with van der Waals surface area (Å²) in [4.78, 5) is 24.4. The molecule has 212 valence electrons. The molecular weight excluding hydrogens is 534 g/mol. The van der Waals surface area contributed by atoms with Crippen molar-refractivity contribution in [3.05, 3.63) is 96.4 Å². The molecule has 2 atom stereocenters. The van der Waals surface area contributed by atoms with Crippen LogP contribution in [0.3, 0.4) is 0 Å². The van der Waals surface area contributed by atoms with E-state index in [0.717, 1.165) is 59.1 Å². The third kappa shape index (κ3) is 4.56. The lowest BCUT2D eigenvalue weighted by atomic mass is 9.87. The summed E-state index contributed by atoms with van der Waals surface area (Å²) in [6.07, 6.45) is 7.64. The van der Waals surface area contributed by atoms with Crippen LogP contribution in [0.1, 0.15) is 36.4 Å². The first-order valence-electron chi connectivity index (χ1n) is 15.1. The van der Waals surface area contributed by atoms with Crippen LogP contribution in [0.15, 0.2) is 85.2 Å². The van der Waals surface area contributed by atoms with Gasteiger partial charge in [-0.25, -0.2) is 15.0 Å². The van der Waals surface area contributed by atoms with E-state index in [4.69, 9.17) is 15.0 Å². The molecular formula is C34H31N9. The Morgan fingerprint density at radius 1 is 0.837 bits per heavy atom. The summed E-state index contributed by atoms with van der Waals surface area (Å²) < 4.78 is 0. The molecule has 2 N–H and O–H groups in total. The third-order valence-corrected chi connectivity index (χ3v) is 9.15. The van der Waals surface area contributed by atoms with Crippen molar-refractivity contribution in [2.24, 2.45) is 0 Å². The van der Waals surface area contributed by atoms with E-state index >= 15 is 0 Å². The second-order valence-corrected chi connectivity index (χ2v) is 12.1. The number of fused-ring (bicyclic) bond motifs is 4. The molecule has 2 bridgehead atoms. The quantitative estimate of drug-likeness (QED) is 0.242. The van der Waals surface area contributed by atoms with Gasteiger partial charge in [0.1, 0.15) is 11.6 Å². The molecule has 1 saturated carbocycles. The van der Waals surface area contributed by atoms with Crippen LogP contribution in [0.5, 0.6) is 0 Å².